The second kappa shape index (κ2) is 4.70. The molecule has 1 aliphatic rings. The highest BCUT2D eigenvalue weighted by atomic mass is 19.2. The van der Waals surface area contributed by atoms with Gasteiger partial charge in [-0.05, 0) is 44.0 Å². The molecule has 0 aromatic heterocycles. The van der Waals surface area contributed by atoms with Gasteiger partial charge < -0.3 is 10.1 Å². The Hall–Kier alpha value is -1.00. The van der Waals surface area contributed by atoms with Gasteiger partial charge in [-0.25, -0.2) is 8.78 Å². The van der Waals surface area contributed by atoms with Crippen LogP contribution in [0.2, 0.25) is 0 Å². The van der Waals surface area contributed by atoms with Crippen LogP contribution < -0.4 is 5.32 Å². The van der Waals surface area contributed by atoms with E-state index in [4.69, 9.17) is 4.74 Å². The number of benzene rings is 1. The van der Waals surface area contributed by atoms with E-state index >= 15 is 0 Å². The Morgan fingerprint density at radius 3 is 2.41 bits per heavy atom. The normalized spacial score (nSPS) is 19.8. The first kappa shape index (κ1) is 12.5. The molecule has 2 rings (SSSR count). The van der Waals surface area contributed by atoms with Gasteiger partial charge >= 0.3 is 0 Å². The molecule has 1 saturated carbocycles. The van der Waals surface area contributed by atoms with Crippen LogP contribution in [0.4, 0.5) is 8.78 Å². The van der Waals surface area contributed by atoms with Gasteiger partial charge in [-0.2, -0.15) is 0 Å². The fourth-order valence-corrected chi connectivity index (χ4v) is 2.56. The van der Waals surface area contributed by atoms with Gasteiger partial charge in [0.25, 0.3) is 0 Å². The molecule has 94 valence electrons. The summed E-state index contributed by atoms with van der Waals surface area (Å²) >= 11 is 0. The van der Waals surface area contributed by atoms with Gasteiger partial charge in [-0.1, -0.05) is 6.07 Å². The van der Waals surface area contributed by atoms with E-state index in [0.717, 1.165) is 30.9 Å². The van der Waals surface area contributed by atoms with Crippen LogP contribution >= 0.6 is 0 Å². The molecule has 2 nitrogen and oxygen atoms in total. The molecule has 0 saturated heterocycles. The summed E-state index contributed by atoms with van der Waals surface area (Å²) < 4.78 is 31.7. The molecule has 1 aromatic carbocycles. The minimum Gasteiger partial charge on any atom is -0.376 e. The summed E-state index contributed by atoms with van der Waals surface area (Å²) in [5.74, 6) is -1.63. The standard InChI is InChI=1S/C13H17F2NO/c1-16-12(13(17-2)6-3-7-13)9-4-5-10(14)11(15)8-9/h4-5,8,12,16H,3,6-7H2,1-2H3. The van der Waals surface area contributed by atoms with Gasteiger partial charge in [0.2, 0.25) is 0 Å². The molecule has 0 aliphatic heterocycles. The Bertz CT molecular complexity index is 399. The summed E-state index contributed by atoms with van der Waals surface area (Å²) in [6.07, 6.45) is 2.98. The first-order valence-electron chi connectivity index (χ1n) is 5.80. The third-order valence-electron chi connectivity index (χ3n) is 3.70. The number of likely N-dealkylation sites (N-methyl/N-ethyl adjacent to an activating group) is 1. The summed E-state index contributed by atoms with van der Waals surface area (Å²) in [6.45, 7) is 0. The van der Waals surface area contributed by atoms with E-state index in [2.05, 4.69) is 5.32 Å². The van der Waals surface area contributed by atoms with Crippen LogP contribution in [-0.2, 0) is 4.74 Å². The Morgan fingerprint density at radius 1 is 1.29 bits per heavy atom. The molecule has 0 radical (unpaired) electrons. The monoisotopic (exact) mass is 241 g/mol. The first-order chi connectivity index (χ1) is 8.13. The van der Waals surface area contributed by atoms with Gasteiger partial charge in [0, 0.05) is 7.11 Å². The predicted octanol–water partition coefficient (Wildman–Crippen LogP) is 2.79. The van der Waals surface area contributed by atoms with Crippen molar-refractivity contribution in [3.63, 3.8) is 0 Å². The zero-order chi connectivity index (χ0) is 12.5. The molecular weight excluding hydrogens is 224 g/mol. The average Bonchev–Trinajstić information content (AvgIpc) is 2.27. The lowest BCUT2D eigenvalue weighted by Gasteiger charge is -2.46. The van der Waals surface area contributed by atoms with Crippen LogP contribution in [0.1, 0.15) is 30.9 Å². The summed E-state index contributed by atoms with van der Waals surface area (Å²) in [6, 6.07) is 3.92. The summed E-state index contributed by atoms with van der Waals surface area (Å²) in [5.41, 5.74) is 0.451. The summed E-state index contributed by atoms with van der Waals surface area (Å²) in [7, 11) is 3.48. The number of methoxy groups -OCH3 is 1. The lowest BCUT2D eigenvalue weighted by molar-refractivity contribution is -0.0983. The van der Waals surface area contributed by atoms with E-state index in [-0.39, 0.29) is 11.6 Å². The zero-order valence-corrected chi connectivity index (χ0v) is 10.1. The average molecular weight is 241 g/mol. The number of hydrogen-bond donors (Lipinski definition) is 1. The largest absolute Gasteiger partial charge is 0.376 e. The van der Waals surface area contributed by atoms with Crippen molar-refractivity contribution in [2.24, 2.45) is 0 Å². The van der Waals surface area contributed by atoms with Crippen molar-refractivity contribution in [2.75, 3.05) is 14.2 Å². The van der Waals surface area contributed by atoms with Crippen molar-refractivity contribution < 1.29 is 13.5 Å². The van der Waals surface area contributed by atoms with E-state index in [1.54, 1.807) is 13.2 Å². The fraction of sp³-hybridized carbons (Fsp3) is 0.538. The highest BCUT2D eigenvalue weighted by Gasteiger charge is 2.44. The topological polar surface area (TPSA) is 21.3 Å². The van der Waals surface area contributed by atoms with Crippen molar-refractivity contribution in [3.05, 3.63) is 35.4 Å². The number of halogens is 2. The SMILES string of the molecule is CNC(c1ccc(F)c(F)c1)C1(OC)CCC1. The Morgan fingerprint density at radius 2 is 2.00 bits per heavy atom. The lowest BCUT2D eigenvalue weighted by Crippen LogP contribution is -2.49. The molecule has 1 unspecified atom stereocenters. The molecule has 0 spiro atoms. The molecule has 0 heterocycles. The Balaban J connectivity index is 2.31. The lowest BCUT2D eigenvalue weighted by atomic mass is 9.72. The highest BCUT2D eigenvalue weighted by molar-refractivity contribution is 5.25. The highest BCUT2D eigenvalue weighted by Crippen LogP contribution is 2.44. The Kier molecular flexibility index (Phi) is 3.45. The van der Waals surface area contributed by atoms with Crippen LogP contribution in [0.5, 0.6) is 0 Å². The van der Waals surface area contributed by atoms with E-state index < -0.39 is 11.6 Å². The summed E-state index contributed by atoms with van der Waals surface area (Å²) in [5, 5.41) is 3.14. The van der Waals surface area contributed by atoms with Crippen LogP contribution in [0.25, 0.3) is 0 Å². The van der Waals surface area contributed by atoms with Crippen LogP contribution in [0, 0.1) is 11.6 Å². The van der Waals surface area contributed by atoms with Crippen molar-refractivity contribution >= 4 is 0 Å². The molecule has 1 fully saturated rings. The van der Waals surface area contributed by atoms with Crippen molar-refractivity contribution in [3.8, 4) is 0 Å². The Labute approximate surface area is 100.0 Å². The molecule has 1 aromatic rings. The quantitative estimate of drug-likeness (QED) is 0.875. The molecule has 4 heteroatoms. The van der Waals surface area contributed by atoms with Crippen molar-refractivity contribution in [1.82, 2.24) is 5.32 Å². The molecule has 17 heavy (non-hydrogen) atoms. The third-order valence-corrected chi connectivity index (χ3v) is 3.70. The minimum atomic E-state index is -0.816. The summed E-state index contributed by atoms with van der Waals surface area (Å²) in [4.78, 5) is 0. The van der Waals surface area contributed by atoms with E-state index in [0.29, 0.717) is 0 Å². The maximum Gasteiger partial charge on any atom is 0.159 e. The van der Waals surface area contributed by atoms with Crippen LogP contribution in [0.15, 0.2) is 18.2 Å². The first-order valence-corrected chi connectivity index (χ1v) is 5.80. The van der Waals surface area contributed by atoms with Gasteiger partial charge in [0.15, 0.2) is 11.6 Å². The van der Waals surface area contributed by atoms with E-state index in [9.17, 15) is 8.78 Å². The molecule has 1 aliphatic carbocycles. The number of rotatable bonds is 4. The molecule has 1 N–H and O–H groups in total. The van der Waals surface area contributed by atoms with Gasteiger partial charge in [0.1, 0.15) is 0 Å². The molecule has 0 bridgehead atoms. The van der Waals surface area contributed by atoms with Gasteiger partial charge in [-0.15, -0.1) is 0 Å². The van der Waals surface area contributed by atoms with Gasteiger partial charge in [-0.3, -0.25) is 0 Å². The maximum atomic E-state index is 13.2. The van der Waals surface area contributed by atoms with Gasteiger partial charge in [0.05, 0.1) is 11.6 Å². The smallest absolute Gasteiger partial charge is 0.159 e. The molecule has 1 atom stereocenters. The molecular formula is C13H17F2NO. The number of ether oxygens (including phenoxy) is 1. The second-order valence-electron chi connectivity index (χ2n) is 4.52. The van der Waals surface area contributed by atoms with Crippen LogP contribution in [-0.4, -0.2) is 19.8 Å². The van der Waals surface area contributed by atoms with Crippen LogP contribution in [0.3, 0.4) is 0 Å². The predicted molar refractivity (Wildman–Crippen MR) is 61.7 cm³/mol. The fourth-order valence-electron chi connectivity index (χ4n) is 2.56. The molecule has 0 amide bonds. The maximum absolute atomic E-state index is 13.2. The van der Waals surface area contributed by atoms with Crippen molar-refractivity contribution in [2.45, 2.75) is 30.9 Å². The zero-order valence-electron chi connectivity index (χ0n) is 10.1. The second-order valence-corrected chi connectivity index (χ2v) is 4.52. The number of hydrogen-bond acceptors (Lipinski definition) is 2. The minimum absolute atomic E-state index is 0.101. The van der Waals surface area contributed by atoms with E-state index in [1.807, 2.05) is 7.05 Å². The number of nitrogens with one attached hydrogen (secondary N) is 1. The van der Waals surface area contributed by atoms with E-state index in [1.165, 1.54) is 6.07 Å². The third kappa shape index (κ3) is 2.07. The van der Waals surface area contributed by atoms with Crippen molar-refractivity contribution in [1.29, 1.82) is 0 Å².